The number of hydrogen-bond donors (Lipinski definition) is 1. The number of nitrogens with one attached hydrogen (secondary N) is 1. The molecule has 94 valence electrons. The summed E-state index contributed by atoms with van der Waals surface area (Å²) in [5.41, 5.74) is 2.30. The van der Waals surface area contributed by atoms with E-state index in [2.05, 4.69) is 35.1 Å². The number of anilines is 1. The van der Waals surface area contributed by atoms with Crippen LogP contribution in [0.3, 0.4) is 0 Å². The quantitative estimate of drug-likeness (QED) is 0.866. The molecule has 1 aliphatic rings. The van der Waals surface area contributed by atoms with E-state index in [1.165, 1.54) is 44.6 Å². The second-order valence-corrected chi connectivity index (χ2v) is 4.90. The smallest absolute Gasteiger partial charge is 0.0603 e. The second-order valence-electron chi connectivity index (χ2n) is 4.90. The van der Waals surface area contributed by atoms with Crippen molar-refractivity contribution in [3.63, 3.8) is 0 Å². The first-order chi connectivity index (χ1) is 8.29. The van der Waals surface area contributed by atoms with Crippen LogP contribution in [-0.2, 0) is 0 Å². The molecule has 1 aromatic rings. The highest BCUT2D eigenvalue weighted by Crippen LogP contribution is 2.18. The minimum Gasteiger partial charge on any atom is -0.381 e. The molecule has 2 rings (SSSR count). The Kier molecular flexibility index (Phi) is 4.37. The van der Waals surface area contributed by atoms with Crippen LogP contribution in [0, 0.1) is 6.92 Å². The summed E-state index contributed by atoms with van der Waals surface area (Å²) in [5, 5.41) is 3.62. The van der Waals surface area contributed by atoms with E-state index in [-0.39, 0.29) is 0 Å². The van der Waals surface area contributed by atoms with Crippen LogP contribution in [0.15, 0.2) is 18.3 Å². The topological polar surface area (TPSA) is 28.2 Å². The summed E-state index contributed by atoms with van der Waals surface area (Å²) in [7, 11) is 0. The first-order valence-corrected chi connectivity index (χ1v) is 6.70. The van der Waals surface area contributed by atoms with Crippen molar-refractivity contribution in [3.8, 4) is 0 Å². The van der Waals surface area contributed by atoms with Crippen LogP contribution in [0.4, 0.5) is 5.69 Å². The van der Waals surface area contributed by atoms with Gasteiger partial charge in [-0.1, -0.05) is 6.92 Å². The van der Waals surface area contributed by atoms with Crippen LogP contribution < -0.4 is 5.32 Å². The van der Waals surface area contributed by atoms with Crippen molar-refractivity contribution in [2.45, 2.75) is 39.2 Å². The van der Waals surface area contributed by atoms with E-state index >= 15 is 0 Å². The van der Waals surface area contributed by atoms with Gasteiger partial charge in [-0.2, -0.15) is 0 Å². The third-order valence-corrected chi connectivity index (χ3v) is 3.49. The van der Waals surface area contributed by atoms with Crippen LogP contribution in [-0.4, -0.2) is 35.6 Å². The molecule has 0 aliphatic carbocycles. The van der Waals surface area contributed by atoms with Crippen LogP contribution in [0.1, 0.15) is 31.9 Å². The van der Waals surface area contributed by atoms with Gasteiger partial charge >= 0.3 is 0 Å². The summed E-state index contributed by atoms with van der Waals surface area (Å²) in [6.07, 6.45) is 5.60. The van der Waals surface area contributed by atoms with E-state index in [4.69, 9.17) is 0 Å². The fourth-order valence-corrected chi connectivity index (χ4v) is 2.47. The Labute approximate surface area is 104 Å². The van der Waals surface area contributed by atoms with Gasteiger partial charge in [0.25, 0.3) is 0 Å². The van der Waals surface area contributed by atoms with Gasteiger partial charge < -0.3 is 10.2 Å². The lowest BCUT2D eigenvalue weighted by molar-refractivity contribution is 0.219. The van der Waals surface area contributed by atoms with Crippen molar-refractivity contribution >= 4 is 5.69 Å². The number of rotatable bonds is 4. The van der Waals surface area contributed by atoms with E-state index in [9.17, 15) is 0 Å². The van der Waals surface area contributed by atoms with Gasteiger partial charge in [0, 0.05) is 25.3 Å². The normalized spacial score (nSPS) is 18.2. The van der Waals surface area contributed by atoms with Crippen molar-refractivity contribution < 1.29 is 0 Å². The van der Waals surface area contributed by atoms with E-state index < -0.39 is 0 Å². The minimum atomic E-state index is 0.617. The van der Waals surface area contributed by atoms with Crippen molar-refractivity contribution in [1.82, 2.24) is 9.88 Å². The third kappa shape index (κ3) is 3.43. The predicted molar refractivity (Wildman–Crippen MR) is 72.3 cm³/mol. The zero-order valence-corrected chi connectivity index (χ0v) is 10.9. The molecule has 3 nitrogen and oxygen atoms in total. The Morgan fingerprint density at radius 1 is 1.41 bits per heavy atom. The standard InChI is InChI=1S/C14H23N3/c1-3-9-17-10-6-13(7-11-17)16-14-5-4-8-15-12(14)2/h4-5,8,13,16H,3,6-7,9-11H2,1-2H3. The highest BCUT2D eigenvalue weighted by molar-refractivity contribution is 5.47. The lowest BCUT2D eigenvalue weighted by atomic mass is 10.0. The van der Waals surface area contributed by atoms with Crippen LogP contribution >= 0.6 is 0 Å². The molecule has 0 unspecified atom stereocenters. The lowest BCUT2D eigenvalue weighted by Gasteiger charge is -2.32. The molecule has 0 amide bonds. The number of aryl methyl sites for hydroxylation is 1. The summed E-state index contributed by atoms with van der Waals surface area (Å²) in [5.74, 6) is 0. The Balaban J connectivity index is 1.84. The fourth-order valence-electron chi connectivity index (χ4n) is 2.47. The molecule has 0 atom stereocenters. The van der Waals surface area contributed by atoms with Crippen molar-refractivity contribution in [1.29, 1.82) is 0 Å². The van der Waals surface area contributed by atoms with Gasteiger partial charge in [0.2, 0.25) is 0 Å². The lowest BCUT2D eigenvalue weighted by Crippen LogP contribution is -2.39. The van der Waals surface area contributed by atoms with E-state index in [1.807, 2.05) is 12.3 Å². The fraction of sp³-hybridized carbons (Fsp3) is 0.643. The van der Waals surface area contributed by atoms with Gasteiger partial charge in [-0.05, 0) is 44.9 Å². The number of aromatic nitrogens is 1. The first-order valence-electron chi connectivity index (χ1n) is 6.70. The molecule has 1 N–H and O–H groups in total. The summed E-state index contributed by atoms with van der Waals surface area (Å²) in [6.45, 7) is 8.02. The minimum absolute atomic E-state index is 0.617. The highest BCUT2D eigenvalue weighted by atomic mass is 15.1. The van der Waals surface area contributed by atoms with Crippen molar-refractivity contribution in [2.24, 2.45) is 0 Å². The van der Waals surface area contributed by atoms with Crippen LogP contribution in [0.5, 0.6) is 0 Å². The summed E-state index contributed by atoms with van der Waals surface area (Å²) < 4.78 is 0. The average Bonchev–Trinajstić information content (AvgIpc) is 2.35. The van der Waals surface area contributed by atoms with Crippen LogP contribution in [0.25, 0.3) is 0 Å². The molecule has 0 bridgehead atoms. The first kappa shape index (κ1) is 12.4. The molecule has 1 aliphatic heterocycles. The molecule has 0 radical (unpaired) electrons. The van der Waals surface area contributed by atoms with Gasteiger partial charge in [0.05, 0.1) is 11.4 Å². The second kappa shape index (κ2) is 6.01. The molecular weight excluding hydrogens is 210 g/mol. The maximum absolute atomic E-state index is 4.32. The van der Waals surface area contributed by atoms with E-state index in [1.54, 1.807) is 0 Å². The SMILES string of the molecule is CCCN1CCC(Nc2cccnc2C)CC1. The molecule has 1 aromatic heterocycles. The van der Waals surface area contributed by atoms with Gasteiger partial charge in [0.1, 0.15) is 0 Å². The van der Waals surface area contributed by atoms with Gasteiger partial charge in [-0.25, -0.2) is 0 Å². The zero-order valence-electron chi connectivity index (χ0n) is 10.9. The molecule has 17 heavy (non-hydrogen) atoms. The largest absolute Gasteiger partial charge is 0.381 e. The maximum atomic E-state index is 4.32. The number of likely N-dealkylation sites (tertiary alicyclic amines) is 1. The number of pyridine rings is 1. The number of hydrogen-bond acceptors (Lipinski definition) is 3. The Hall–Kier alpha value is -1.09. The molecule has 2 heterocycles. The number of nitrogens with zero attached hydrogens (tertiary/aromatic N) is 2. The van der Waals surface area contributed by atoms with Gasteiger partial charge in [-0.3, -0.25) is 4.98 Å². The molecular formula is C14H23N3. The van der Waals surface area contributed by atoms with Crippen LogP contribution in [0.2, 0.25) is 0 Å². The molecule has 0 aromatic carbocycles. The van der Waals surface area contributed by atoms with Gasteiger partial charge in [0.15, 0.2) is 0 Å². The molecule has 0 saturated carbocycles. The third-order valence-electron chi connectivity index (χ3n) is 3.49. The molecule has 3 heteroatoms. The van der Waals surface area contributed by atoms with E-state index in [0.29, 0.717) is 6.04 Å². The van der Waals surface area contributed by atoms with Crippen molar-refractivity contribution in [3.05, 3.63) is 24.0 Å². The van der Waals surface area contributed by atoms with Gasteiger partial charge in [-0.15, -0.1) is 0 Å². The highest BCUT2D eigenvalue weighted by Gasteiger charge is 2.18. The Morgan fingerprint density at radius 2 is 2.18 bits per heavy atom. The van der Waals surface area contributed by atoms with E-state index in [0.717, 1.165) is 5.69 Å². The average molecular weight is 233 g/mol. The molecule has 1 saturated heterocycles. The summed E-state index contributed by atoms with van der Waals surface area (Å²) in [4.78, 5) is 6.88. The Bertz CT molecular complexity index is 343. The monoisotopic (exact) mass is 233 g/mol. The predicted octanol–water partition coefficient (Wildman–Crippen LogP) is 2.68. The maximum Gasteiger partial charge on any atom is 0.0603 e. The zero-order chi connectivity index (χ0) is 12.1. The number of piperidine rings is 1. The molecule has 0 spiro atoms. The summed E-state index contributed by atoms with van der Waals surface area (Å²) in [6, 6.07) is 4.74. The molecule has 1 fully saturated rings. The Morgan fingerprint density at radius 3 is 2.82 bits per heavy atom. The summed E-state index contributed by atoms with van der Waals surface area (Å²) >= 11 is 0. The van der Waals surface area contributed by atoms with Crippen molar-refractivity contribution in [2.75, 3.05) is 25.0 Å².